The van der Waals surface area contributed by atoms with Gasteiger partial charge in [-0.15, -0.1) is 5.10 Å². The van der Waals surface area contributed by atoms with E-state index in [0.29, 0.717) is 5.92 Å². The summed E-state index contributed by atoms with van der Waals surface area (Å²) in [5.41, 5.74) is 7.83. The molecule has 0 saturated carbocycles. The smallest absolute Gasteiger partial charge is 0.182 e. The van der Waals surface area contributed by atoms with E-state index in [2.05, 4.69) is 78.0 Å². The standard InChI is InChI=1S/C27H27N5/c1-18(2)23-9-5-6-10-24(23)25-29-27-22(8-7-15-32(27)30-25)16-20-11-13-21(14-12-20)26-28-19(3)17-31(26)4/h5-15,17-18H,16H2,1-4H3. The van der Waals surface area contributed by atoms with Crippen molar-refractivity contribution < 1.29 is 0 Å². The second-order valence-electron chi connectivity index (χ2n) is 8.67. The molecule has 5 aromatic rings. The number of benzene rings is 2. The summed E-state index contributed by atoms with van der Waals surface area (Å²) in [4.78, 5) is 9.57. The first-order valence-electron chi connectivity index (χ1n) is 11.0. The molecule has 0 spiro atoms. The van der Waals surface area contributed by atoms with Crippen molar-refractivity contribution >= 4 is 5.65 Å². The molecule has 3 heterocycles. The predicted molar refractivity (Wildman–Crippen MR) is 129 cm³/mol. The fourth-order valence-corrected chi connectivity index (χ4v) is 4.29. The summed E-state index contributed by atoms with van der Waals surface area (Å²) in [5, 5.41) is 4.79. The normalized spacial score (nSPS) is 11.5. The molecule has 0 unspecified atom stereocenters. The van der Waals surface area contributed by atoms with Crippen molar-refractivity contribution in [1.29, 1.82) is 0 Å². The Kier molecular flexibility index (Phi) is 5.10. The monoisotopic (exact) mass is 421 g/mol. The van der Waals surface area contributed by atoms with Gasteiger partial charge in [0.2, 0.25) is 0 Å². The predicted octanol–water partition coefficient (Wildman–Crippen LogP) is 5.82. The van der Waals surface area contributed by atoms with Gasteiger partial charge in [0.1, 0.15) is 5.82 Å². The van der Waals surface area contributed by atoms with Crippen LogP contribution < -0.4 is 0 Å². The SMILES string of the molecule is Cc1cn(C)c(-c2ccc(Cc3cccn4nc(-c5ccccc5C(C)C)nc34)cc2)n1. The molecule has 3 aromatic heterocycles. The second-order valence-corrected chi connectivity index (χ2v) is 8.67. The van der Waals surface area contributed by atoms with Gasteiger partial charge in [0.25, 0.3) is 0 Å². The van der Waals surface area contributed by atoms with Crippen LogP contribution >= 0.6 is 0 Å². The Morgan fingerprint density at radius 1 is 0.906 bits per heavy atom. The van der Waals surface area contributed by atoms with E-state index in [1.807, 2.05) is 36.9 Å². The summed E-state index contributed by atoms with van der Waals surface area (Å²) >= 11 is 0. The fraction of sp³-hybridized carbons (Fsp3) is 0.222. The lowest BCUT2D eigenvalue weighted by atomic mass is 9.97. The molecular formula is C27H27N5. The van der Waals surface area contributed by atoms with E-state index in [1.54, 1.807) is 0 Å². The van der Waals surface area contributed by atoms with Crippen molar-refractivity contribution in [3.63, 3.8) is 0 Å². The van der Waals surface area contributed by atoms with Gasteiger partial charge in [-0.2, -0.15) is 0 Å². The van der Waals surface area contributed by atoms with Gasteiger partial charge >= 0.3 is 0 Å². The minimum atomic E-state index is 0.415. The summed E-state index contributed by atoms with van der Waals surface area (Å²) in [6.45, 7) is 6.43. The van der Waals surface area contributed by atoms with Gasteiger partial charge in [-0.25, -0.2) is 14.5 Å². The quantitative estimate of drug-likeness (QED) is 0.359. The number of nitrogens with zero attached hydrogens (tertiary/aromatic N) is 5. The van der Waals surface area contributed by atoms with Gasteiger partial charge in [0.15, 0.2) is 11.5 Å². The van der Waals surface area contributed by atoms with E-state index in [4.69, 9.17) is 10.1 Å². The van der Waals surface area contributed by atoms with Gasteiger partial charge in [-0.05, 0) is 30.0 Å². The van der Waals surface area contributed by atoms with Crippen molar-refractivity contribution in [3.05, 3.63) is 95.4 Å². The van der Waals surface area contributed by atoms with Gasteiger partial charge in [0, 0.05) is 42.6 Å². The first-order valence-corrected chi connectivity index (χ1v) is 11.0. The van der Waals surface area contributed by atoms with Gasteiger partial charge < -0.3 is 4.57 Å². The molecule has 0 atom stereocenters. The van der Waals surface area contributed by atoms with Crippen molar-refractivity contribution in [1.82, 2.24) is 24.1 Å². The number of imidazole rings is 1. The summed E-state index contributed by atoms with van der Waals surface area (Å²) in [5.74, 6) is 2.18. The Morgan fingerprint density at radius 2 is 1.69 bits per heavy atom. The maximum atomic E-state index is 4.94. The third-order valence-corrected chi connectivity index (χ3v) is 5.87. The average molecular weight is 422 g/mol. The molecule has 0 radical (unpaired) electrons. The zero-order valence-corrected chi connectivity index (χ0v) is 18.9. The lowest BCUT2D eigenvalue weighted by Crippen LogP contribution is -1.95. The highest BCUT2D eigenvalue weighted by Crippen LogP contribution is 2.28. The van der Waals surface area contributed by atoms with Crippen LogP contribution in [0.4, 0.5) is 0 Å². The molecule has 0 N–H and O–H groups in total. The number of rotatable bonds is 5. The Hall–Kier alpha value is -3.73. The Balaban J connectivity index is 1.47. The number of aromatic nitrogens is 5. The third-order valence-electron chi connectivity index (χ3n) is 5.87. The van der Waals surface area contributed by atoms with Crippen LogP contribution in [-0.4, -0.2) is 24.1 Å². The molecule has 32 heavy (non-hydrogen) atoms. The lowest BCUT2D eigenvalue weighted by Gasteiger charge is -2.09. The van der Waals surface area contributed by atoms with E-state index < -0.39 is 0 Å². The van der Waals surface area contributed by atoms with E-state index in [0.717, 1.165) is 46.1 Å². The Bertz CT molecular complexity index is 1390. The highest BCUT2D eigenvalue weighted by atomic mass is 15.3. The molecule has 2 aromatic carbocycles. The molecule has 0 aliphatic heterocycles. The molecule has 0 fully saturated rings. The molecule has 5 rings (SSSR count). The van der Waals surface area contributed by atoms with Crippen LogP contribution in [0.25, 0.3) is 28.4 Å². The van der Waals surface area contributed by atoms with Crippen molar-refractivity contribution in [2.45, 2.75) is 33.1 Å². The van der Waals surface area contributed by atoms with Gasteiger partial charge in [0.05, 0.1) is 5.69 Å². The molecule has 0 bridgehead atoms. The highest BCUT2D eigenvalue weighted by Gasteiger charge is 2.15. The van der Waals surface area contributed by atoms with E-state index in [9.17, 15) is 0 Å². The van der Waals surface area contributed by atoms with Crippen LogP contribution in [0.5, 0.6) is 0 Å². The summed E-state index contributed by atoms with van der Waals surface area (Å²) in [7, 11) is 2.03. The van der Waals surface area contributed by atoms with Crippen molar-refractivity contribution in [2.24, 2.45) is 7.05 Å². The molecule has 5 nitrogen and oxygen atoms in total. The first-order chi connectivity index (χ1) is 15.5. The largest absolute Gasteiger partial charge is 0.334 e. The Morgan fingerprint density at radius 3 is 2.41 bits per heavy atom. The summed E-state index contributed by atoms with van der Waals surface area (Å²) in [6.07, 6.45) is 4.82. The molecule has 160 valence electrons. The lowest BCUT2D eigenvalue weighted by molar-refractivity contribution is 0.865. The van der Waals surface area contributed by atoms with Crippen LogP contribution in [0, 0.1) is 6.92 Å². The zero-order valence-electron chi connectivity index (χ0n) is 18.9. The maximum absolute atomic E-state index is 4.94. The van der Waals surface area contributed by atoms with E-state index in [1.165, 1.54) is 11.1 Å². The van der Waals surface area contributed by atoms with E-state index in [-0.39, 0.29) is 0 Å². The van der Waals surface area contributed by atoms with Gasteiger partial charge in [-0.3, -0.25) is 0 Å². The number of hydrogen-bond donors (Lipinski definition) is 0. The minimum absolute atomic E-state index is 0.415. The average Bonchev–Trinajstić information content (AvgIpc) is 3.37. The fourth-order valence-electron chi connectivity index (χ4n) is 4.29. The molecule has 0 aliphatic carbocycles. The molecule has 0 saturated heterocycles. The van der Waals surface area contributed by atoms with Crippen LogP contribution in [0.2, 0.25) is 0 Å². The number of hydrogen-bond acceptors (Lipinski definition) is 3. The highest BCUT2D eigenvalue weighted by molar-refractivity contribution is 5.65. The Labute approximate surface area is 188 Å². The minimum Gasteiger partial charge on any atom is -0.334 e. The maximum Gasteiger partial charge on any atom is 0.182 e. The molecule has 0 amide bonds. The summed E-state index contributed by atoms with van der Waals surface area (Å²) in [6, 6.07) is 21.2. The third kappa shape index (κ3) is 3.71. The van der Waals surface area contributed by atoms with Crippen LogP contribution in [0.15, 0.2) is 73.1 Å². The van der Waals surface area contributed by atoms with Crippen LogP contribution in [0.3, 0.4) is 0 Å². The van der Waals surface area contributed by atoms with Crippen molar-refractivity contribution in [2.75, 3.05) is 0 Å². The number of aryl methyl sites for hydroxylation is 2. The van der Waals surface area contributed by atoms with Crippen LogP contribution in [-0.2, 0) is 13.5 Å². The second kappa shape index (κ2) is 8.08. The molecular weight excluding hydrogens is 394 g/mol. The summed E-state index contributed by atoms with van der Waals surface area (Å²) < 4.78 is 3.96. The van der Waals surface area contributed by atoms with Gasteiger partial charge in [-0.1, -0.05) is 68.4 Å². The topological polar surface area (TPSA) is 48.0 Å². The number of pyridine rings is 1. The zero-order chi connectivity index (χ0) is 22.2. The first kappa shape index (κ1) is 20.2. The molecule has 0 aliphatic rings. The van der Waals surface area contributed by atoms with Crippen molar-refractivity contribution in [3.8, 4) is 22.8 Å². The number of fused-ring (bicyclic) bond motifs is 1. The van der Waals surface area contributed by atoms with E-state index >= 15 is 0 Å². The van der Waals surface area contributed by atoms with Crippen LogP contribution in [0.1, 0.15) is 42.1 Å². The molecule has 5 heteroatoms.